The topological polar surface area (TPSA) is 76.6 Å². The minimum Gasteiger partial charge on any atom is -0.457 e. The van der Waals surface area contributed by atoms with Gasteiger partial charge in [-0.25, -0.2) is 9.97 Å². The number of hydrogen-bond donors (Lipinski definition) is 1. The average molecular weight is 390 g/mol. The molecule has 7 heteroatoms. The lowest BCUT2D eigenvalue weighted by atomic mass is 10.2. The van der Waals surface area contributed by atoms with E-state index in [4.69, 9.17) is 9.47 Å². The number of nitrogens with one attached hydrogen (secondary N) is 1. The van der Waals surface area contributed by atoms with Crippen molar-refractivity contribution < 1.29 is 14.3 Å². The summed E-state index contributed by atoms with van der Waals surface area (Å²) in [7, 11) is 0. The molecule has 29 heavy (non-hydrogen) atoms. The normalized spacial score (nSPS) is 13.7. The van der Waals surface area contributed by atoms with Crippen molar-refractivity contribution in [1.82, 2.24) is 15.3 Å². The van der Waals surface area contributed by atoms with Crippen LogP contribution in [-0.4, -0.2) is 42.2 Å². The molecule has 148 valence electrons. The number of hydrogen-bond acceptors (Lipinski definition) is 6. The molecule has 0 atom stereocenters. The van der Waals surface area contributed by atoms with Gasteiger partial charge in [-0.2, -0.15) is 0 Å². The first kappa shape index (κ1) is 18.9. The molecule has 1 amide bonds. The molecule has 4 rings (SSSR count). The maximum Gasteiger partial charge on any atom is 0.251 e. The summed E-state index contributed by atoms with van der Waals surface area (Å²) in [5, 5.41) is 2.90. The first-order valence-electron chi connectivity index (χ1n) is 9.54. The Balaban J connectivity index is 1.33. The quantitative estimate of drug-likeness (QED) is 0.697. The highest BCUT2D eigenvalue weighted by atomic mass is 16.5. The van der Waals surface area contributed by atoms with E-state index in [9.17, 15) is 4.79 Å². The van der Waals surface area contributed by atoms with Crippen LogP contribution in [0.15, 0.2) is 66.9 Å². The van der Waals surface area contributed by atoms with E-state index >= 15 is 0 Å². The number of nitrogens with zero attached hydrogens (tertiary/aromatic N) is 3. The Labute approximate surface area is 169 Å². The molecular weight excluding hydrogens is 368 g/mol. The predicted octanol–water partition coefficient (Wildman–Crippen LogP) is 3.04. The molecule has 0 spiro atoms. The molecule has 3 aromatic rings. The van der Waals surface area contributed by atoms with Gasteiger partial charge >= 0.3 is 0 Å². The third-order valence-corrected chi connectivity index (χ3v) is 4.52. The van der Waals surface area contributed by atoms with Gasteiger partial charge in [-0.1, -0.05) is 18.2 Å². The number of para-hydroxylation sites is 1. The van der Waals surface area contributed by atoms with E-state index < -0.39 is 0 Å². The molecule has 0 unspecified atom stereocenters. The summed E-state index contributed by atoms with van der Waals surface area (Å²) in [6.07, 6.45) is 1.72. The molecule has 1 aliphatic heterocycles. The standard InChI is InChI=1S/C22H22N4O3/c27-21(17-6-8-20(9-7-17)29-19-4-2-1-3-5-19)24-16-18-10-11-23-22(25-18)26-12-14-28-15-13-26/h1-11H,12-16H2,(H,24,27). The van der Waals surface area contributed by atoms with Crippen LogP contribution in [0.5, 0.6) is 11.5 Å². The number of aromatic nitrogens is 2. The van der Waals surface area contributed by atoms with Gasteiger partial charge in [0.15, 0.2) is 0 Å². The average Bonchev–Trinajstić information content (AvgIpc) is 2.79. The van der Waals surface area contributed by atoms with Crippen LogP contribution in [0.4, 0.5) is 5.95 Å². The second kappa shape index (κ2) is 9.16. The highest BCUT2D eigenvalue weighted by Gasteiger charge is 2.14. The highest BCUT2D eigenvalue weighted by Crippen LogP contribution is 2.21. The van der Waals surface area contributed by atoms with Crippen LogP contribution >= 0.6 is 0 Å². The Morgan fingerprint density at radius 1 is 1.00 bits per heavy atom. The van der Waals surface area contributed by atoms with Crippen LogP contribution in [0.1, 0.15) is 16.1 Å². The summed E-state index contributed by atoms with van der Waals surface area (Å²) in [5.41, 5.74) is 1.33. The van der Waals surface area contributed by atoms with E-state index in [2.05, 4.69) is 20.2 Å². The SMILES string of the molecule is O=C(NCc1ccnc(N2CCOCC2)n1)c1ccc(Oc2ccccc2)cc1. The van der Waals surface area contributed by atoms with Crippen molar-refractivity contribution >= 4 is 11.9 Å². The highest BCUT2D eigenvalue weighted by molar-refractivity contribution is 5.94. The molecule has 0 bridgehead atoms. The molecule has 1 aliphatic rings. The Morgan fingerprint density at radius 3 is 2.48 bits per heavy atom. The Bertz CT molecular complexity index is 942. The van der Waals surface area contributed by atoms with Crippen LogP contribution in [0.25, 0.3) is 0 Å². The van der Waals surface area contributed by atoms with Crippen molar-refractivity contribution in [3.8, 4) is 11.5 Å². The van der Waals surface area contributed by atoms with Crippen LogP contribution in [0, 0.1) is 0 Å². The van der Waals surface area contributed by atoms with Crippen molar-refractivity contribution in [2.45, 2.75) is 6.54 Å². The van der Waals surface area contributed by atoms with Crippen LogP contribution in [-0.2, 0) is 11.3 Å². The molecule has 0 aliphatic carbocycles. The lowest BCUT2D eigenvalue weighted by Crippen LogP contribution is -2.37. The van der Waals surface area contributed by atoms with Gasteiger partial charge in [0.2, 0.25) is 5.95 Å². The van der Waals surface area contributed by atoms with Crippen molar-refractivity contribution in [1.29, 1.82) is 0 Å². The monoisotopic (exact) mass is 390 g/mol. The van der Waals surface area contributed by atoms with E-state index in [0.29, 0.717) is 37.0 Å². The number of amides is 1. The first-order valence-corrected chi connectivity index (χ1v) is 9.54. The summed E-state index contributed by atoms with van der Waals surface area (Å²) in [4.78, 5) is 23.4. The van der Waals surface area contributed by atoms with Gasteiger partial charge in [0.05, 0.1) is 25.5 Å². The van der Waals surface area contributed by atoms with E-state index in [1.807, 2.05) is 30.3 Å². The smallest absolute Gasteiger partial charge is 0.251 e. The Hall–Kier alpha value is -3.45. The van der Waals surface area contributed by atoms with E-state index in [1.54, 1.807) is 36.5 Å². The number of benzene rings is 2. The molecule has 0 saturated carbocycles. The second-order valence-corrected chi connectivity index (χ2v) is 6.57. The molecule has 1 fully saturated rings. The fraction of sp³-hybridized carbons (Fsp3) is 0.227. The van der Waals surface area contributed by atoms with Crippen LogP contribution < -0.4 is 15.0 Å². The Morgan fingerprint density at radius 2 is 1.72 bits per heavy atom. The molecule has 2 aromatic carbocycles. The third kappa shape index (κ3) is 5.08. The molecule has 7 nitrogen and oxygen atoms in total. The molecular formula is C22H22N4O3. The lowest BCUT2D eigenvalue weighted by Gasteiger charge is -2.26. The zero-order valence-corrected chi connectivity index (χ0v) is 16.0. The maximum absolute atomic E-state index is 12.5. The van der Waals surface area contributed by atoms with Gasteiger partial charge in [0.1, 0.15) is 11.5 Å². The number of ether oxygens (including phenoxy) is 2. The van der Waals surface area contributed by atoms with Crippen molar-refractivity contribution in [3.05, 3.63) is 78.1 Å². The van der Waals surface area contributed by atoms with E-state index in [-0.39, 0.29) is 5.91 Å². The molecule has 0 radical (unpaired) electrons. The fourth-order valence-electron chi connectivity index (χ4n) is 2.97. The molecule has 1 saturated heterocycles. The van der Waals surface area contributed by atoms with Gasteiger partial charge < -0.3 is 19.7 Å². The van der Waals surface area contributed by atoms with E-state index in [1.165, 1.54) is 0 Å². The zero-order valence-electron chi connectivity index (χ0n) is 16.0. The fourth-order valence-corrected chi connectivity index (χ4v) is 2.97. The minimum atomic E-state index is -0.164. The summed E-state index contributed by atoms with van der Waals surface area (Å²) in [6, 6.07) is 18.4. The summed E-state index contributed by atoms with van der Waals surface area (Å²) >= 11 is 0. The van der Waals surface area contributed by atoms with Gasteiger partial charge in [-0.3, -0.25) is 4.79 Å². The number of rotatable bonds is 6. The summed E-state index contributed by atoms with van der Waals surface area (Å²) in [5.74, 6) is 1.94. The maximum atomic E-state index is 12.5. The van der Waals surface area contributed by atoms with Crippen molar-refractivity contribution in [3.63, 3.8) is 0 Å². The van der Waals surface area contributed by atoms with Crippen molar-refractivity contribution in [2.24, 2.45) is 0 Å². The molecule has 1 N–H and O–H groups in total. The zero-order chi connectivity index (χ0) is 19.9. The first-order chi connectivity index (χ1) is 14.3. The number of carbonyl (C=O) groups is 1. The van der Waals surface area contributed by atoms with Gasteiger partial charge in [0, 0.05) is 24.8 Å². The van der Waals surface area contributed by atoms with Crippen LogP contribution in [0.2, 0.25) is 0 Å². The van der Waals surface area contributed by atoms with Gasteiger partial charge in [-0.15, -0.1) is 0 Å². The largest absolute Gasteiger partial charge is 0.457 e. The van der Waals surface area contributed by atoms with Gasteiger partial charge in [0.25, 0.3) is 5.91 Å². The third-order valence-electron chi connectivity index (χ3n) is 4.52. The van der Waals surface area contributed by atoms with E-state index in [0.717, 1.165) is 24.5 Å². The van der Waals surface area contributed by atoms with Gasteiger partial charge in [-0.05, 0) is 42.5 Å². The molecule has 1 aromatic heterocycles. The Kier molecular flexibility index (Phi) is 5.97. The number of carbonyl (C=O) groups excluding carboxylic acids is 1. The predicted molar refractivity (Wildman–Crippen MR) is 109 cm³/mol. The summed E-state index contributed by atoms with van der Waals surface area (Å²) in [6.45, 7) is 3.23. The lowest BCUT2D eigenvalue weighted by molar-refractivity contribution is 0.0950. The molecule has 2 heterocycles. The number of morpholine rings is 1. The minimum absolute atomic E-state index is 0.164. The number of anilines is 1. The second-order valence-electron chi connectivity index (χ2n) is 6.57. The van der Waals surface area contributed by atoms with Crippen molar-refractivity contribution in [2.75, 3.05) is 31.2 Å². The van der Waals surface area contributed by atoms with Crippen LogP contribution in [0.3, 0.4) is 0 Å². The summed E-state index contributed by atoms with van der Waals surface area (Å²) < 4.78 is 11.1.